The number of hydrogen-bond acceptors (Lipinski definition) is 2. The maximum absolute atomic E-state index is 10.4. The molecule has 0 bridgehead atoms. The molecule has 1 aliphatic rings. The van der Waals surface area contributed by atoms with Gasteiger partial charge in [-0.15, -0.1) is 0 Å². The van der Waals surface area contributed by atoms with Gasteiger partial charge < -0.3 is 4.90 Å². The number of halogens is 1. The van der Waals surface area contributed by atoms with Crippen molar-refractivity contribution in [3.63, 3.8) is 0 Å². The molecule has 2 aromatic rings. The molecular weight excluding hydrogens is 400 g/mol. The van der Waals surface area contributed by atoms with Crippen molar-refractivity contribution in [2.75, 3.05) is 13.1 Å². The van der Waals surface area contributed by atoms with Crippen LogP contribution >= 0.6 is 11.6 Å². The summed E-state index contributed by atoms with van der Waals surface area (Å²) in [4.78, 5) is 2.66. The minimum Gasteiger partial charge on any atom is -0.300 e. The molecule has 3 heteroatoms. The van der Waals surface area contributed by atoms with E-state index in [1.54, 1.807) is 0 Å². The number of nitrogens with zero attached hydrogens (tertiary/aromatic N) is 2. The van der Waals surface area contributed by atoms with Crippen molar-refractivity contribution < 1.29 is 0 Å². The summed E-state index contributed by atoms with van der Waals surface area (Å²) in [5.41, 5.74) is 1.99. The van der Waals surface area contributed by atoms with Crippen LogP contribution in [0.4, 0.5) is 0 Å². The molecule has 0 saturated heterocycles. The van der Waals surface area contributed by atoms with Crippen LogP contribution in [-0.2, 0) is 11.8 Å². The average molecular weight is 437 g/mol. The van der Waals surface area contributed by atoms with Gasteiger partial charge in [-0.1, -0.05) is 80.4 Å². The second-order valence-electron chi connectivity index (χ2n) is 9.06. The number of rotatable bonds is 12. The van der Waals surface area contributed by atoms with Crippen molar-refractivity contribution in [2.45, 2.75) is 76.7 Å². The Morgan fingerprint density at radius 2 is 1.77 bits per heavy atom. The van der Waals surface area contributed by atoms with Crippen molar-refractivity contribution >= 4 is 11.6 Å². The van der Waals surface area contributed by atoms with E-state index in [1.165, 1.54) is 12.0 Å². The van der Waals surface area contributed by atoms with Crippen LogP contribution in [-0.4, -0.2) is 24.0 Å². The van der Waals surface area contributed by atoms with Gasteiger partial charge in [0.1, 0.15) is 0 Å². The summed E-state index contributed by atoms with van der Waals surface area (Å²) in [6.45, 7) is 6.74. The molecule has 1 saturated carbocycles. The zero-order valence-electron chi connectivity index (χ0n) is 19.2. The summed E-state index contributed by atoms with van der Waals surface area (Å²) in [6.07, 6.45) is 8.79. The van der Waals surface area contributed by atoms with Gasteiger partial charge in [-0.2, -0.15) is 5.26 Å². The maximum Gasteiger partial charge on any atom is 0.0865 e. The van der Waals surface area contributed by atoms with E-state index in [2.05, 4.69) is 61.2 Å². The molecule has 166 valence electrons. The van der Waals surface area contributed by atoms with Gasteiger partial charge in [0.25, 0.3) is 0 Å². The molecule has 2 unspecified atom stereocenters. The molecule has 2 atom stereocenters. The monoisotopic (exact) mass is 436 g/mol. The van der Waals surface area contributed by atoms with Crippen molar-refractivity contribution in [1.29, 1.82) is 5.26 Å². The molecule has 2 aromatic carbocycles. The lowest BCUT2D eigenvalue weighted by Gasteiger charge is -2.43. The van der Waals surface area contributed by atoms with Crippen LogP contribution < -0.4 is 0 Å². The van der Waals surface area contributed by atoms with Gasteiger partial charge in [-0.05, 0) is 74.6 Å². The summed E-state index contributed by atoms with van der Waals surface area (Å²) in [6, 6.07) is 22.1. The molecule has 31 heavy (non-hydrogen) atoms. The maximum atomic E-state index is 10.4. The topological polar surface area (TPSA) is 27.0 Å². The quantitative estimate of drug-likeness (QED) is 0.346. The highest BCUT2D eigenvalue weighted by molar-refractivity contribution is 6.31. The summed E-state index contributed by atoms with van der Waals surface area (Å²) >= 11 is 6.63. The van der Waals surface area contributed by atoms with E-state index < -0.39 is 5.41 Å². The zero-order valence-corrected chi connectivity index (χ0v) is 20.0. The Hall–Kier alpha value is -1.82. The molecular formula is C28H37ClN2. The fourth-order valence-electron chi connectivity index (χ4n) is 5.21. The second-order valence-corrected chi connectivity index (χ2v) is 9.47. The van der Waals surface area contributed by atoms with E-state index in [4.69, 9.17) is 11.6 Å². The SMILES string of the molecule is CCCN(CCc1ccccc1)C(CC)CCC(C#N)(c1ccccc1Cl)C1CCC1. The van der Waals surface area contributed by atoms with Gasteiger partial charge in [0.2, 0.25) is 0 Å². The highest BCUT2D eigenvalue weighted by Crippen LogP contribution is 2.49. The standard InChI is InChI=1S/C28H37ClN2/c1-3-20-31(21-18-23-11-6-5-7-12-23)25(4-2)17-19-28(22-30,24-13-10-14-24)26-15-8-9-16-27(26)29/h5-9,11-12,15-16,24-25H,3-4,10,13-14,17-21H2,1-2H3. The smallest absolute Gasteiger partial charge is 0.0865 e. The summed E-state index contributed by atoms with van der Waals surface area (Å²) in [5, 5.41) is 11.2. The third kappa shape index (κ3) is 5.71. The third-order valence-electron chi connectivity index (χ3n) is 7.26. The Morgan fingerprint density at radius 1 is 1.06 bits per heavy atom. The molecule has 0 N–H and O–H groups in total. The Morgan fingerprint density at radius 3 is 2.35 bits per heavy atom. The van der Waals surface area contributed by atoms with Crippen LogP contribution in [0.25, 0.3) is 0 Å². The average Bonchev–Trinajstić information content (AvgIpc) is 2.76. The van der Waals surface area contributed by atoms with E-state index in [-0.39, 0.29) is 0 Å². The number of benzene rings is 2. The van der Waals surface area contributed by atoms with Crippen LogP contribution in [0.1, 0.15) is 69.9 Å². The predicted octanol–water partition coefficient (Wildman–Crippen LogP) is 7.41. The van der Waals surface area contributed by atoms with Gasteiger partial charge in [0.05, 0.1) is 11.5 Å². The molecule has 0 amide bonds. The molecule has 0 aliphatic heterocycles. The highest BCUT2D eigenvalue weighted by Gasteiger charge is 2.45. The van der Waals surface area contributed by atoms with Gasteiger partial charge >= 0.3 is 0 Å². The Labute approximate surface area is 194 Å². The van der Waals surface area contributed by atoms with E-state index >= 15 is 0 Å². The van der Waals surface area contributed by atoms with Crippen molar-refractivity contribution in [1.82, 2.24) is 4.90 Å². The number of hydrogen-bond donors (Lipinski definition) is 0. The van der Waals surface area contributed by atoms with E-state index in [0.29, 0.717) is 12.0 Å². The van der Waals surface area contributed by atoms with Crippen LogP contribution in [0.5, 0.6) is 0 Å². The van der Waals surface area contributed by atoms with Crippen LogP contribution in [0.2, 0.25) is 5.02 Å². The fraction of sp³-hybridized carbons (Fsp3) is 0.536. The van der Waals surface area contributed by atoms with E-state index in [9.17, 15) is 5.26 Å². The van der Waals surface area contributed by atoms with E-state index in [0.717, 1.165) is 68.6 Å². The van der Waals surface area contributed by atoms with Crippen LogP contribution in [0, 0.1) is 17.2 Å². The summed E-state index contributed by atoms with van der Waals surface area (Å²) < 4.78 is 0. The minimum atomic E-state index is -0.457. The first-order valence-corrected chi connectivity index (χ1v) is 12.5. The largest absolute Gasteiger partial charge is 0.300 e. The first kappa shape index (κ1) is 23.8. The van der Waals surface area contributed by atoms with Gasteiger partial charge in [-0.25, -0.2) is 0 Å². The zero-order chi connectivity index (χ0) is 22.1. The van der Waals surface area contributed by atoms with Crippen molar-refractivity contribution in [2.24, 2.45) is 5.92 Å². The van der Waals surface area contributed by atoms with Gasteiger partial charge in [-0.3, -0.25) is 0 Å². The van der Waals surface area contributed by atoms with Crippen LogP contribution in [0.15, 0.2) is 54.6 Å². The molecule has 1 fully saturated rings. The van der Waals surface area contributed by atoms with Crippen molar-refractivity contribution in [3.05, 3.63) is 70.7 Å². The molecule has 0 radical (unpaired) electrons. The predicted molar refractivity (Wildman–Crippen MR) is 131 cm³/mol. The lowest BCUT2D eigenvalue weighted by atomic mass is 9.60. The normalized spacial score (nSPS) is 17.0. The Bertz CT molecular complexity index is 840. The summed E-state index contributed by atoms with van der Waals surface area (Å²) in [5.74, 6) is 0.429. The fourth-order valence-corrected chi connectivity index (χ4v) is 5.52. The Kier molecular flexibility index (Phi) is 9.00. The van der Waals surface area contributed by atoms with E-state index in [1.807, 2.05) is 18.2 Å². The third-order valence-corrected chi connectivity index (χ3v) is 7.59. The minimum absolute atomic E-state index is 0.429. The Balaban J connectivity index is 1.76. The highest BCUT2D eigenvalue weighted by atomic mass is 35.5. The lowest BCUT2D eigenvalue weighted by molar-refractivity contribution is 0.148. The lowest BCUT2D eigenvalue weighted by Crippen LogP contribution is -2.42. The molecule has 0 heterocycles. The van der Waals surface area contributed by atoms with Gasteiger partial charge in [0.15, 0.2) is 0 Å². The second kappa shape index (κ2) is 11.7. The molecule has 1 aliphatic carbocycles. The summed E-state index contributed by atoms with van der Waals surface area (Å²) in [7, 11) is 0. The number of nitriles is 1. The first-order valence-electron chi connectivity index (χ1n) is 12.1. The van der Waals surface area contributed by atoms with Crippen molar-refractivity contribution in [3.8, 4) is 6.07 Å². The molecule has 2 nitrogen and oxygen atoms in total. The molecule has 3 rings (SSSR count). The molecule has 0 aromatic heterocycles. The molecule has 0 spiro atoms. The first-order chi connectivity index (χ1) is 15.1. The van der Waals surface area contributed by atoms with Gasteiger partial charge in [0, 0.05) is 17.6 Å². The van der Waals surface area contributed by atoms with Crippen LogP contribution in [0.3, 0.4) is 0 Å².